The summed E-state index contributed by atoms with van der Waals surface area (Å²) >= 11 is 0. The third-order valence-corrected chi connectivity index (χ3v) is 4.03. The number of benzene rings is 2. The molecular formula is C20H24N2O4. The first-order valence-corrected chi connectivity index (χ1v) is 8.13. The molecule has 0 saturated heterocycles. The van der Waals surface area contributed by atoms with Crippen LogP contribution < -0.4 is 19.6 Å². The van der Waals surface area contributed by atoms with Crippen LogP contribution in [0.2, 0.25) is 0 Å². The predicted octanol–water partition coefficient (Wildman–Crippen LogP) is 3.48. The summed E-state index contributed by atoms with van der Waals surface area (Å²) in [5.41, 5.74) is 6.90. The molecule has 0 heterocycles. The van der Waals surface area contributed by atoms with Gasteiger partial charge in [-0.3, -0.25) is 4.79 Å². The van der Waals surface area contributed by atoms with Gasteiger partial charge in [0.2, 0.25) is 5.75 Å². The highest BCUT2D eigenvalue weighted by atomic mass is 16.5. The van der Waals surface area contributed by atoms with Crippen molar-refractivity contribution in [1.29, 1.82) is 0 Å². The van der Waals surface area contributed by atoms with Gasteiger partial charge in [-0.2, -0.15) is 5.10 Å². The molecule has 138 valence electrons. The SMILES string of the molecule is COc1cc(C(=O)N/N=C(/C)c2cc(C)ccc2C)cc(OC)c1OC. The summed E-state index contributed by atoms with van der Waals surface area (Å²) in [6.07, 6.45) is 0. The molecule has 1 N–H and O–H groups in total. The number of nitrogens with zero attached hydrogens (tertiary/aromatic N) is 1. The highest BCUT2D eigenvalue weighted by Gasteiger charge is 2.17. The van der Waals surface area contributed by atoms with Crippen LogP contribution in [0, 0.1) is 13.8 Å². The van der Waals surface area contributed by atoms with E-state index in [0.717, 1.165) is 22.4 Å². The van der Waals surface area contributed by atoms with Crippen molar-refractivity contribution in [2.75, 3.05) is 21.3 Å². The van der Waals surface area contributed by atoms with Crippen LogP contribution in [0.4, 0.5) is 0 Å². The summed E-state index contributed by atoms with van der Waals surface area (Å²) in [4.78, 5) is 12.5. The molecule has 0 aromatic heterocycles. The van der Waals surface area contributed by atoms with Gasteiger partial charge in [0, 0.05) is 11.1 Å². The Kier molecular flexibility index (Phi) is 6.22. The van der Waals surface area contributed by atoms with E-state index in [1.807, 2.05) is 39.0 Å². The lowest BCUT2D eigenvalue weighted by Crippen LogP contribution is -2.20. The molecule has 0 aliphatic rings. The maximum absolute atomic E-state index is 12.5. The van der Waals surface area contributed by atoms with Gasteiger partial charge in [-0.25, -0.2) is 5.43 Å². The van der Waals surface area contributed by atoms with Gasteiger partial charge in [-0.15, -0.1) is 0 Å². The van der Waals surface area contributed by atoms with Crippen molar-refractivity contribution in [3.05, 3.63) is 52.6 Å². The van der Waals surface area contributed by atoms with Crippen molar-refractivity contribution in [2.45, 2.75) is 20.8 Å². The Bertz CT molecular complexity index is 819. The van der Waals surface area contributed by atoms with Crippen LogP contribution in [-0.4, -0.2) is 32.9 Å². The van der Waals surface area contributed by atoms with E-state index in [2.05, 4.69) is 10.5 Å². The van der Waals surface area contributed by atoms with Gasteiger partial charge in [-0.05, 0) is 44.5 Å². The molecule has 2 rings (SSSR count). The molecule has 0 bridgehead atoms. The molecule has 0 spiro atoms. The van der Waals surface area contributed by atoms with Crippen LogP contribution in [-0.2, 0) is 0 Å². The van der Waals surface area contributed by atoms with E-state index in [-0.39, 0.29) is 5.91 Å². The number of rotatable bonds is 6. The third kappa shape index (κ3) is 4.14. The molecule has 2 aromatic carbocycles. The molecule has 0 atom stereocenters. The average molecular weight is 356 g/mol. The molecule has 2 aromatic rings. The summed E-state index contributed by atoms with van der Waals surface area (Å²) < 4.78 is 15.8. The Labute approximate surface area is 153 Å². The first-order valence-electron chi connectivity index (χ1n) is 8.13. The number of methoxy groups -OCH3 is 3. The predicted molar refractivity (Wildman–Crippen MR) is 102 cm³/mol. The second kappa shape index (κ2) is 8.38. The molecule has 0 aliphatic carbocycles. The number of aryl methyl sites for hydroxylation is 2. The van der Waals surface area contributed by atoms with E-state index in [9.17, 15) is 4.79 Å². The Balaban J connectivity index is 2.28. The third-order valence-electron chi connectivity index (χ3n) is 4.03. The number of hydrogen-bond acceptors (Lipinski definition) is 5. The molecule has 0 unspecified atom stereocenters. The molecule has 0 fully saturated rings. The largest absolute Gasteiger partial charge is 0.493 e. The molecule has 0 radical (unpaired) electrons. The summed E-state index contributed by atoms with van der Waals surface area (Å²) in [7, 11) is 4.52. The van der Waals surface area contributed by atoms with Gasteiger partial charge >= 0.3 is 0 Å². The minimum atomic E-state index is -0.367. The number of hydrazone groups is 1. The van der Waals surface area contributed by atoms with Crippen molar-refractivity contribution in [1.82, 2.24) is 5.43 Å². The number of carbonyl (C=O) groups is 1. The Morgan fingerprint density at radius 3 is 2.12 bits per heavy atom. The zero-order valence-corrected chi connectivity index (χ0v) is 16.0. The summed E-state index contributed by atoms with van der Waals surface area (Å²) in [5, 5.41) is 4.23. The minimum absolute atomic E-state index is 0.358. The maximum Gasteiger partial charge on any atom is 0.271 e. The van der Waals surface area contributed by atoms with Crippen LogP contribution >= 0.6 is 0 Å². The summed E-state index contributed by atoms with van der Waals surface area (Å²) in [6, 6.07) is 9.28. The fourth-order valence-electron chi connectivity index (χ4n) is 2.60. The summed E-state index contributed by atoms with van der Waals surface area (Å²) in [5.74, 6) is 0.884. The summed E-state index contributed by atoms with van der Waals surface area (Å²) in [6.45, 7) is 5.89. The van der Waals surface area contributed by atoms with Crippen molar-refractivity contribution in [3.63, 3.8) is 0 Å². The lowest BCUT2D eigenvalue weighted by atomic mass is 10.0. The molecule has 0 aliphatic heterocycles. The van der Waals surface area contributed by atoms with Gasteiger partial charge in [0.15, 0.2) is 11.5 Å². The first-order chi connectivity index (χ1) is 12.4. The number of amides is 1. The van der Waals surface area contributed by atoms with Crippen LogP contribution in [0.3, 0.4) is 0 Å². The van der Waals surface area contributed by atoms with E-state index in [0.29, 0.717) is 22.8 Å². The lowest BCUT2D eigenvalue weighted by Gasteiger charge is -2.13. The maximum atomic E-state index is 12.5. The zero-order valence-electron chi connectivity index (χ0n) is 16.0. The topological polar surface area (TPSA) is 69.2 Å². The van der Waals surface area contributed by atoms with Crippen molar-refractivity contribution in [3.8, 4) is 17.2 Å². The first kappa shape index (κ1) is 19.3. The lowest BCUT2D eigenvalue weighted by molar-refractivity contribution is 0.0954. The highest BCUT2D eigenvalue weighted by Crippen LogP contribution is 2.38. The van der Waals surface area contributed by atoms with Gasteiger partial charge in [-0.1, -0.05) is 17.7 Å². The highest BCUT2D eigenvalue weighted by molar-refractivity contribution is 6.02. The van der Waals surface area contributed by atoms with Gasteiger partial charge < -0.3 is 14.2 Å². The standard InChI is InChI=1S/C20H24N2O4/c1-12-7-8-13(2)16(9-12)14(3)21-22-20(23)15-10-17(24-4)19(26-6)18(11-15)25-5/h7-11H,1-6H3,(H,22,23)/b21-14-. The van der Waals surface area contributed by atoms with Crippen molar-refractivity contribution in [2.24, 2.45) is 5.10 Å². The van der Waals surface area contributed by atoms with E-state index in [4.69, 9.17) is 14.2 Å². The van der Waals surface area contributed by atoms with Crippen LogP contribution in [0.5, 0.6) is 17.2 Å². The van der Waals surface area contributed by atoms with Crippen LogP contribution in [0.25, 0.3) is 0 Å². The second-order valence-corrected chi connectivity index (χ2v) is 5.87. The Hall–Kier alpha value is -3.02. The average Bonchev–Trinajstić information content (AvgIpc) is 2.66. The molecule has 1 amide bonds. The van der Waals surface area contributed by atoms with E-state index in [1.54, 1.807) is 12.1 Å². The fraction of sp³-hybridized carbons (Fsp3) is 0.300. The van der Waals surface area contributed by atoms with Crippen molar-refractivity contribution < 1.29 is 19.0 Å². The Morgan fingerprint density at radius 1 is 0.962 bits per heavy atom. The zero-order chi connectivity index (χ0) is 19.3. The van der Waals surface area contributed by atoms with E-state index >= 15 is 0 Å². The second-order valence-electron chi connectivity index (χ2n) is 5.87. The van der Waals surface area contributed by atoms with E-state index < -0.39 is 0 Å². The molecular weight excluding hydrogens is 332 g/mol. The van der Waals surface area contributed by atoms with Crippen LogP contribution in [0.1, 0.15) is 34.0 Å². The quantitative estimate of drug-likeness (QED) is 0.635. The molecule has 6 nitrogen and oxygen atoms in total. The van der Waals surface area contributed by atoms with Crippen molar-refractivity contribution >= 4 is 11.6 Å². The van der Waals surface area contributed by atoms with E-state index in [1.165, 1.54) is 21.3 Å². The smallest absolute Gasteiger partial charge is 0.271 e. The molecule has 6 heteroatoms. The molecule has 26 heavy (non-hydrogen) atoms. The van der Waals surface area contributed by atoms with Gasteiger partial charge in [0.1, 0.15) is 0 Å². The number of nitrogens with one attached hydrogen (secondary N) is 1. The number of hydrogen-bond donors (Lipinski definition) is 1. The number of carbonyl (C=O) groups excluding carboxylic acids is 1. The molecule has 0 saturated carbocycles. The number of ether oxygens (including phenoxy) is 3. The minimum Gasteiger partial charge on any atom is -0.493 e. The van der Waals surface area contributed by atoms with Gasteiger partial charge in [0.05, 0.1) is 27.0 Å². The monoisotopic (exact) mass is 356 g/mol. The van der Waals surface area contributed by atoms with Crippen LogP contribution in [0.15, 0.2) is 35.4 Å². The Morgan fingerprint density at radius 2 is 1.58 bits per heavy atom. The normalized spacial score (nSPS) is 11.1. The van der Waals surface area contributed by atoms with Gasteiger partial charge in [0.25, 0.3) is 5.91 Å². The fourth-order valence-corrected chi connectivity index (χ4v) is 2.60.